The highest BCUT2D eigenvalue weighted by Gasteiger charge is 2.10. The summed E-state index contributed by atoms with van der Waals surface area (Å²) in [6.07, 6.45) is 1.60. The lowest BCUT2D eigenvalue weighted by Crippen LogP contribution is -1.98. The number of nitriles is 2. The zero-order valence-electron chi connectivity index (χ0n) is 13.2. The lowest BCUT2D eigenvalue weighted by molar-refractivity contribution is 1.27. The molecule has 0 fully saturated rings. The van der Waals surface area contributed by atoms with Gasteiger partial charge in [0.1, 0.15) is 17.8 Å². The molecular formula is C21H12N4. The first-order chi connectivity index (χ1) is 12.2. The molecule has 0 spiro atoms. The maximum Gasteiger partial charge on any atom is 0.174 e. The van der Waals surface area contributed by atoms with E-state index in [2.05, 4.69) is 35.3 Å². The fourth-order valence-electron chi connectivity index (χ4n) is 3.24. The molecule has 4 rings (SSSR count). The standard InChI is InChI=1S/C21H12N4/c22-10-18(24)19(11-23)25-12-16-9-15-5-1-3-13-7-8-14-4-2-6-17(16)21(14)20(13)15/h1-9,12H,24H2/b19-18-,25-12?. The number of nitrogens with two attached hydrogens (primary N) is 1. The smallest absolute Gasteiger partial charge is 0.174 e. The molecule has 4 aromatic carbocycles. The maximum absolute atomic E-state index is 9.12. The zero-order valence-corrected chi connectivity index (χ0v) is 13.2. The minimum absolute atomic E-state index is 0.0763. The number of aliphatic imine (C=N–C) groups is 1. The molecule has 0 saturated carbocycles. The van der Waals surface area contributed by atoms with Gasteiger partial charge in [-0.1, -0.05) is 48.5 Å². The van der Waals surface area contributed by atoms with Crippen LogP contribution in [0.2, 0.25) is 0 Å². The van der Waals surface area contributed by atoms with Crippen molar-refractivity contribution in [1.82, 2.24) is 0 Å². The van der Waals surface area contributed by atoms with Gasteiger partial charge in [0.15, 0.2) is 5.70 Å². The van der Waals surface area contributed by atoms with Crippen molar-refractivity contribution >= 4 is 38.5 Å². The highest BCUT2D eigenvalue weighted by Crippen LogP contribution is 2.35. The molecule has 0 atom stereocenters. The first-order valence-electron chi connectivity index (χ1n) is 7.73. The second-order valence-corrected chi connectivity index (χ2v) is 5.76. The van der Waals surface area contributed by atoms with Crippen LogP contribution in [0.15, 0.2) is 71.0 Å². The third kappa shape index (κ3) is 2.25. The summed E-state index contributed by atoms with van der Waals surface area (Å²) in [6.45, 7) is 0. The highest BCUT2D eigenvalue weighted by atomic mass is 14.8. The van der Waals surface area contributed by atoms with Crippen LogP contribution in [0.3, 0.4) is 0 Å². The maximum atomic E-state index is 9.12. The molecule has 0 unspecified atom stereocenters. The predicted molar refractivity (Wildman–Crippen MR) is 100 cm³/mol. The Labute approximate surface area is 144 Å². The van der Waals surface area contributed by atoms with Gasteiger partial charge in [0.25, 0.3) is 0 Å². The minimum atomic E-state index is -0.184. The average molecular weight is 320 g/mol. The summed E-state index contributed by atoms with van der Waals surface area (Å²) in [6, 6.07) is 22.2. The van der Waals surface area contributed by atoms with Gasteiger partial charge in [-0.2, -0.15) is 10.5 Å². The summed E-state index contributed by atoms with van der Waals surface area (Å²) in [7, 11) is 0. The first kappa shape index (κ1) is 14.7. The van der Waals surface area contributed by atoms with Gasteiger partial charge in [-0.15, -0.1) is 0 Å². The van der Waals surface area contributed by atoms with Crippen LogP contribution in [0.5, 0.6) is 0 Å². The Kier molecular flexibility index (Phi) is 3.31. The fraction of sp³-hybridized carbons (Fsp3) is 0. The van der Waals surface area contributed by atoms with Crippen LogP contribution < -0.4 is 5.73 Å². The van der Waals surface area contributed by atoms with Gasteiger partial charge < -0.3 is 5.73 Å². The molecule has 0 radical (unpaired) electrons. The molecule has 0 aliphatic carbocycles. The number of hydrogen-bond donors (Lipinski definition) is 1. The summed E-state index contributed by atoms with van der Waals surface area (Å²) in [5.74, 6) is 0. The molecule has 0 heterocycles. The molecule has 25 heavy (non-hydrogen) atoms. The van der Waals surface area contributed by atoms with Gasteiger partial charge >= 0.3 is 0 Å². The molecule has 4 aromatic rings. The van der Waals surface area contributed by atoms with Gasteiger partial charge in [0.05, 0.1) is 0 Å². The first-order valence-corrected chi connectivity index (χ1v) is 7.73. The van der Waals surface area contributed by atoms with Gasteiger partial charge in [0, 0.05) is 11.8 Å². The quantitative estimate of drug-likeness (QED) is 0.341. The summed E-state index contributed by atoms with van der Waals surface area (Å²) in [5, 5.41) is 24.9. The zero-order chi connectivity index (χ0) is 17.4. The van der Waals surface area contributed by atoms with Gasteiger partial charge in [-0.05, 0) is 38.4 Å². The van der Waals surface area contributed by atoms with Crippen molar-refractivity contribution in [2.45, 2.75) is 0 Å². The number of benzene rings is 4. The second-order valence-electron chi connectivity index (χ2n) is 5.76. The van der Waals surface area contributed by atoms with Gasteiger partial charge in [-0.3, -0.25) is 0 Å². The van der Waals surface area contributed by atoms with Crippen molar-refractivity contribution in [3.05, 3.63) is 71.6 Å². The molecular weight excluding hydrogens is 308 g/mol. The molecule has 0 bridgehead atoms. The van der Waals surface area contributed by atoms with Crippen molar-refractivity contribution in [3.8, 4) is 12.1 Å². The van der Waals surface area contributed by atoms with Crippen LogP contribution in [-0.4, -0.2) is 6.21 Å². The van der Waals surface area contributed by atoms with Crippen LogP contribution >= 0.6 is 0 Å². The largest absolute Gasteiger partial charge is 0.388 e. The van der Waals surface area contributed by atoms with E-state index in [0.717, 1.165) is 21.7 Å². The summed E-state index contributed by atoms with van der Waals surface area (Å²) in [5.41, 5.74) is 6.15. The summed E-state index contributed by atoms with van der Waals surface area (Å²) in [4.78, 5) is 4.14. The summed E-state index contributed by atoms with van der Waals surface area (Å²) < 4.78 is 0. The van der Waals surface area contributed by atoms with Crippen LogP contribution in [0, 0.1) is 22.7 Å². The minimum Gasteiger partial charge on any atom is -0.388 e. The van der Waals surface area contributed by atoms with Gasteiger partial charge in [-0.25, -0.2) is 4.99 Å². The van der Waals surface area contributed by atoms with E-state index in [0.29, 0.717) is 0 Å². The Morgan fingerprint density at radius 3 is 2.28 bits per heavy atom. The monoisotopic (exact) mass is 320 g/mol. The normalized spacial score (nSPS) is 12.6. The van der Waals surface area contributed by atoms with Crippen LogP contribution in [0.25, 0.3) is 32.3 Å². The van der Waals surface area contributed by atoms with E-state index in [1.165, 1.54) is 16.2 Å². The molecule has 2 N–H and O–H groups in total. The molecule has 116 valence electrons. The van der Waals surface area contributed by atoms with E-state index < -0.39 is 0 Å². The van der Waals surface area contributed by atoms with E-state index in [1.54, 1.807) is 12.3 Å². The van der Waals surface area contributed by atoms with E-state index >= 15 is 0 Å². The average Bonchev–Trinajstić information content (AvgIpc) is 2.66. The molecule has 0 saturated heterocycles. The number of allylic oxidation sites excluding steroid dienone is 2. The second kappa shape index (κ2) is 5.63. The lowest BCUT2D eigenvalue weighted by Gasteiger charge is -2.12. The Balaban J connectivity index is 2.05. The Hall–Kier alpha value is -3.89. The van der Waals surface area contributed by atoms with Crippen LogP contribution in [-0.2, 0) is 0 Å². The predicted octanol–water partition coefficient (Wildman–Crippen LogP) is 4.22. The van der Waals surface area contributed by atoms with Gasteiger partial charge in [0.2, 0.25) is 0 Å². The molecule has 0 aromatic heterocycles. The van der Waals surface area contributed by atoms with Crippen LogP contribution in [0.4, 0.5) is 0 Å². The van der Waals surface area contributed by atoms with Crippen LogP contribution in [0.1, 0.15) is 5.56 Å². The Bertz CT molecular complexity index is 1270. The third-order valence-electron chi connectivity index (χ3n) is 4.35. The lowest BCUT2D eigenvalue weighted by atomic mass is 9.92. The van der Waals surface area contributed by atoms with E-state index in [1.807, 2.05) is 30.3 Å². The molecule has 0 amide bonds. The SMILES string of the molecule is N#C/C(N)=C(\C#N)N=Cc1cc2cccc3ccc4cccc1c4c32. The van der Waals surface area contributed by atoms with Crippen molar-refractivity contribution in [2.75, 3.05) is 0 Å². The molecule has 4 heteroatoms. The van der Waals surface area contributed by atoms with E-state index in [9.17, 15) is 0 Å². The molecule has 0 aliphatic heterocycles. The van der Waals surface area contributed by atoms with E-state index in [-0.39, 0.29) is 11.4 Å². The molecule has 0 aliphatic rings. The van der Waals surface area contributed by atoms with E-state index in [4.69, 9.17) is 16.3 Å². The number of rotatable bonds is 2. The third-order valence-corrected chi connectivity index (χ3v) is 4.35. The Morgan fingerprint density at radius 1 is 0.880 bits per heavy atom. The highest BCUT2D eigenvalue weighted by molar-refractivity contribution is 6.26. The van der Waals surface area contributed by atoms with Crippen molar-refractivity contribution in [3.63, 3.8) is 0 Å². The van der Waals surface area contributed by atoms with Crippen molar-refractivity contribution in [1.29, 1.82) is 10.5 Å². The number of nitrogens with zero attached hydrogens (tertiary/aromatic N) is 3. The number of hydrogen-bond acceptors (Lipinski definition) is 4. The molecule has 4 nitrogen and oxygen atoms in total. The topological polar surface area (TPSA) is 86.0 Å². The fourth-order valence-corrected chi connectivity index (χ4v) is 3.24. The van der Waals surface area contributed by atoms with Crippen molar-refractivity contribution < 1.29 is 0 Å². The summed E-state index contributed by atoms with van der Waals surface area (Å²) >= 11 is 0. The Morgan fingerprint density at radius 2 is 1.56 bits per heavy atom. The van der Waals surface area contributed by atoms with Crippen molar-refractivity contribution in [2.24, 2.45) is 10.7 Å².